The minimum absolute atomic E-state index is 0.00251. The second-order valence-electron chi connectivity index (χ2n) is 7.72. The molecule has 2 aliphatic heterocycles. The monoisotopic (exact) mass is 401 g/mol. The summed E-state index contributed by atoms with van der Waals surface area (Å²) in [7, 11) is 1.53. The van der Waals surface area contributed by atoms with Crippen LogP contribution in [0.15, 0.2) is 30.5 Å². The molecule has 29 heavy (non-hydrogen) atoms. The summed E-state index contributed by atoms with van der Waals surface area (Å²) in [5.74, 6) is 0.901. The highest BCUT2D eigenvalue weighted by atomic mass is 19.3. The van der Waals surface area contributed by atoms with Crippen LogP contribution in [0.2, 0.25) is 0 Å². The van der Waals surface area contributed by atoms with Crippen LogP contribution >= 0.6 is 0 Å². The lowest BCUT2D eigenvalue weighted by atomic mass is 10.0. The maximum absolute atomic E-state index is 13.2. The third-order valence-corrected chi connectivity index (χ3v) is 5.59. The van der Waals surface area contributed by atoms with Crippen molar-refractivity contribution in [1.82, 2.24) is 24.7 Å². The predicted octanol–water partition coefficient (Wildman–Crippen LogP) is 2.06. The molecule has 8 nitrogen and oxygen atoms in total. The number of aryl methyl sites for hydroxylation is 1. The van der Waals surface area contributed by atoms with Crippen LogP contribution in [-0.2, 0) is 7.05 Å². The Hall–Kier alpha value is -3.01. The van der Waals surface area contributed by atoms with Crippen molar-refractivity contribution in [2.75, 3.05) is 29.9 Å². The molecule has 3 aromatic heterocycles. The molecule has 2 atom stereocenters. The summed E-state index contributed by atoms with van der Waals surface area (Å²) in [6.07, 6.45) is -0.221. The van der Waals surface area contributed by atoms with Crippen LogP contribution in [-0.4, -0.2) is 51.0 Å². The highest BCUT2D eigenvalue weighted by Crippen LogP contribution is 2.27. The largest absolute Gasteiger partial charge is 0.353 e. The second-order valence-corrected chi connectivity index (χ2v) is 7.72. The van der Waals surface area contributed by atoms with Gasteiger partial charge in [-0.2, -0.15) is 5.10 Å². The number of rotatable bonds is 4. The van der Waals surface area contributed by atoms with Gasteiger partial charge in [0.15, 0.2) is 5.69 Å². The maximum Gasteiger partial charge on any atom is 0.284 e. The van der Waals surface area contributed by atoms with Gasteiger partial charge in [-0.05, 0) is 36.6 Å². The third kappa shape index (κ3) is 3.23. The molecule has 2 saturated heterocycles. The first kappa shape index (κ1) is 18.0. The van der Waals surface area contributed by atoms with Crippen LogP contribution in [0.4, 0.5) is 20.3 Å². The van der Waals surface area contributed by atoms with E-state index in [0.29, 0.717) is 12.0 Å². The lowest BCUT2D eigenvalue weighted by Crippen LogP contribution is -2.41. The molecule has 0 radical (unpaired) electrons. The molecule has 5 heterocycles. The van der Waals surface area contributed by atoms with E-state index in [9.17, 15) is 13.6 Å². The van der Waals surface area contributed by atoms with Crippen LogP contribution in [0.3, 0.4) is 0 Å². The Kier molecular flexibility index (Phi) is 4.23. The molecule has 2 fully saturated rings. The number of fused-ring (bicyclic) bond motifs is 3. The van der Waals surface area contributed by atoms with E-state index in [-0.39, 0.29) is 11.4 Å². The summed E-state index contributed by atoms with van der Waals surface area (Å²) in [4.78, 5) is 15.0. The van der Waals surface area contributed by atoms with Gasteiger partial charge in [0.05, 0.1) is 11.2 Å². The summed E-state index contributed by atoms with van der Waals surface area (Å²) in [5.41, 5.74) is 0.588. The Morgan fingerprint density at radius 2 is 2.07 bits per heavy atom. The number of hydrogen-bond donors (Lipinski definition) is 2. The number of piperidine rings is 1. The van der Waals surface area contributed by atoms with E-state index in [1.54, 1.807) is 16.6 Å². The van der Waals surface area contributed by atoms with Crippen molar-refractivity contribution in [3.8, 4) is 0 Å². The van der Waals surface area contributed by atoms with E-state index >= 15 is 0 Å². The van der Waals surface area contributed by atoms with Gasteiger partial charge >= 0.3 is 0 Å². The predicted molar refractivity (Wildman–Crippen MR) is 103 cm³/mol. The van der Waals surface area contributed by atoms with E-state index in [2.05, 4.69) is 25.7 Å². The molecule has 0 aromatic carbocycles. The number of carbonyl (C=O) groups is 1. The van der Waals surface area contributed by atoms with Gasteiger partial charge < -0.3 is 15.5 Å². The van der Waals surface area contributed by atoms with Crippen molar-refractivity contribution in [1.29, 1.82) is 0 Å². The van der Waals surface area contributed by atoms with E-state index < -0.39 is 18.0 Å². The van der Waals surface area contributed by atoms with E-state index in [1.165, 1.54) is 24.3 Å². The molecule has 0 unspecified atom stereocenters. The standard InChI is InChI=1S/C19H21F2N7O/c1-26-10-14(17(25-26)18(20)21)23-19(29)15-4-2-13-3-5-16(24-28(13)15)27-8-11-6-12(9-27)22-7-11/h2-5,10-12,18,22H,6-9H2,1H3,(H,23,29)/t11-,12-/m1/s1. The quantitative estimate of drug-likeness (QED) is 0.700. The second kappa shape index (κ2) is 6.80. The molecule has 0 saturated carbocycles. The number of nitrogens with zero attached hydrogens (tertiary/aromatic N) is 5. The molecule has 2 N–H and O–H groups in total. The SMILES string of the molecule is Cn1cc(NC(=O)c2ccc3ccc(N4C[C@H]5CN[C@H](C5)C4)nn23)c(C(F)F)n1. The summed E-state index contributed by atoms with van der Waals surface area (Å²) in [6, 6.07) is 7.76. The van der Waals surface area contributed by atoms with Crippen molar-refractivity contribution in [3.63, 3.8) is 0 Å². The van der Waals surface area contributed by atoms with Gasteiger partial charge in [-0.25, -0.2) is 13.3 Å². The fourth-order valence-corrected chi connectivity index (χ4v) is 4.29. The van der Waals surface area contributed by atoms with Gasteiger partial charge in [-0.15, -0.1) is 5.10 Å². The van der Waals surface area contributed by atoms with Gasteiger partial charge in [0.25, 0.3) is 12.3 Å². The zero-order valence-electron chi connectivity index (χ0n) is 15.8. The lowest BCUT2D eigenvalue weighted by Gasteiger charge is -2.31. The van der Waals surface area contributed by atoms with E-state index in [0.717, 1.165) is 31.0 Å². The first-order valence-corrected chi connectivity index (χ1v) is 9.58. The molecule has 0 aliphatic carbocycles. The maximum atomic E-state index is 13.2. The minimum Gasteiger partial charge on any atom is -0.353 e. The third-order valence-electron chi connectivity index (χ3n) is 5.59. The van der Waals surface area contributed by atoms with Crippen molar-refractivity contribution in [2.45, 2.75) is 18.9 Å². The summed E-state index contributed by atoms with van der Waals surface area (Å²) in [6.45, 7) is 2.83. The summed E-state index contributed by atoms with van der Waals surface area (Å²) < 4.78 is 29.1. The van der Waals surface area contributed by atoms with Gasteiger partial charge in [0.1, 0.15) is 11.5 Å². The van der Waals surface area contributed by atoms with E-state index in [4.69, 9.17) is 0 Å². The fraction of sp³-hybridized carbons (Fsp3) is 0.421. The molecular weight excluding hydrogens is 380 g/mol. The molecular formula is C19H21F2N7O. The zero-order valence-corrected chi connectivity index (χ0v) is 15.8. The summed E-state index contributed by atoms with van der Waals surface area (Å²) >= 11 is 0. The van der Waals surface area contributed by atoms with Crippen molar-refractivity contribution in [2.24, 2.45) is 13.0 Å². The number of halogens is 2. The highest BCUT2D eigenvalue weighted by Gasteiger charge is 2.33. The molecule has 2 aliphatic rings. The molecule has 0 spiro atoms. The molecule has 10 heteroatoms. The van der Waals surface area contributed by atoms with Gasteiger partial charge in [0, 0.05) is 38.9 Å². The molecule has 152 valence electrons. The number of nitrogens with one attached hydrogen (secondary N) is 2. The van der Waals surface area contributed by atoms with Crippen LogP contribution in [0, 0.1) is 5.92 Å². The fourth-order valence-electron chi connectivity index (χ4n) is 4.29. The summed E-state index contributed by atoms with van der Waals surface area (Å²) in [5, 5.41) is 14.4. The van der Waals surface area contributed by atoms with Gasteiger partial charge in [0.2, 0.25) is 0 Å². The number of anilines is 2. The normalized spacial score (nSPS) is 21.3. The van der Waals surface area contributed by atoms with Gasteiger partial charge in [-0.1, -0.05) is 0 Å². The van der Waals surface area contributed by atoms with Crippen molar-refractivity contribution < 1.29 is 13.6 Å². The Morgan fingerprint density at radius 1 is 1.24 bits per heavy atom. The Bertz CT molecular complexity index is 1060. The number of alkyl halides is 2. The highest BCUT2D eigenvalue weighted by molar-refractivity contribution is 6.04. The Labute approximate surface area is 165 Å². The average molecular weight is 401 g/mol. The minimum atomic E-state index is -2.77. The van der Waals surface area contributed by atoms with Gasteiger partial charge in [-0.3, -0.25) is 9.48 Å². The molecule has 2 bridgehead atoms. The Balaban J connectivity index is 1.44. The van der Waals surface area contributed by atoms with Crippen molar-refractivity contribution >= 4 is 22.9 Å². The first-order valence-electron chi connectivity index (χ1n) is 9.58. The van der Waals surface area contributed by atoms with Crippen LogP contribution < -0.4 is 15.5 Å². The number of hydrogen-bond acceptors (Lipinski definition) is 5. The van der Waals surface area contributed by atoms with Crippen molar-refractivity contribution in [3.05, 3.63) is 41.9 Å². The van der Waals surface area contributed by atoms with Crippen LogP contribution in [0.1, 0.15) is 29.0 Å². The lowest BCUT2D eigenvalue weighted by molar-refractivity contribution is 0.101. The zero-order chi connectivity index (χ0) is 20.1. The van der Waals surface area contributed by atoms with Crippen LogP contribution in [0.5, 0.6) is 0 Å². The number of carbonyl (C=O) groups excluding carboxylic acids is 1. The number of aromatic nitrogens is 4. The molecule has 5 rings (SSSR count). The molecule has 1 amide bonds. The first-order chi connectivity index (χ1) is 14.0. The Morgan fingerprint density at radius 3 is 2.86 bits per heavy atom. The van der Waals surface area contributed by atoms with Crippen LogP contribution in [0.25, 0.3) is 5.52 Å². The smallest absolute Gasteiger partial charge is 0.284 e. The van der Waals surface area contributed by atoms with E-state index in [1.807, 2.05) is 12.1 Å². The molecule has 3 aromatic rings. The number of amides is 1. The topological polar surface area (TPSA) is 79.5 Å². The average Bonchev–Trinajstić information content (AvgIpc) is 3.37.